The summed E-state index contributed by atoms with van der Waals surface area (Å²) < 4.78 is 16.5. The number of rotatable bonds is 7. The van der Waals surface area contributed by atoms with Gasteiger partial charge in [-0.2, -0.15) is 0 Å². The van der Waals surface area contributed by atoms with Crippen molar-refractivity contribution in [3.05, 3.63) is 47.7 Å². The first kappa shape index (κ1) is 22.4. The van der Waals surface area contributed by atoms with Crippen LogP contribution in [0.15, 0.2) is 41.1 Å². The second-order valence-corrected chi connectivity index (χ2v) is 7.86. The normalized spacial score (nSPS) is 12.0. The molecule has 1 aromatic heterocycles. The highest BCUT2D eigenvalue weighted by Crippen LogP contribution is 2.38. The summed E-state index contributed by atoms with van der Waals surface area (Å²) >= 11 is 0. The van der Waals surface area contributed by atoms with Crippen molar-refractivity contribution in [2.45, 2.75) is 33.7 Å². The van der Waals surface area contributed by atoms with Crippen molar-refractivity contribution < 1.29 is 18.8 Å². The standard InChI is InChI=1S/C24H29N3O4/c1-13(2)22(25)24(28)27-19-10-16(7-8-20(19)29-5)18-12-26-31-23(18)17-9-14(3)15(4)21(11-17)30-6/h7-13,22H,25H2,1-6H3,(H,27,28). The Balaban J connectivity index is 2.03. The van der Waals surface area contributed by atoms with Crippen molar-refractivity contribution in [1.29, 1.82) is 0 Å². The van der Waals surface area contributed by atoms with Crippen molar-refractivity contribution >= 4 is 11.6 Å². The summed E-state index contributed by atoms with van der Waals surface area (Å²) in [5.74, 6) is 1.68. The van der Waals surface area contributed by atoms with Crippen molar-refractivity contribution in [2.75, 3.05) is 19.5 Å². The number of nitrogens with zero attached hydrogens (tertiary/aromatic N) is 1. The van der Waals surface area contributed by atoms with Gasteiger partial charge < -0.3 is 25.0 Å². The van der Waals surface area contributed by atoms with Gasteiger partial charge in [0.2, 0.25) is 5.91 Å². The van der Waals surface area contributed by atoms with Crippen LogP contribution in [0, 0.1) is 19.8 Å². The van der Waals surface area contributed by atoms with Gasteiger partial charge in [0.25, 0.3) is 0 Å². The van der Waals surface area contributed by atoms with Crippen LogP contribution in [0.1, 0.15) is 25.0 Å². The van der Waals surface area contributed by atoms with Crippen LogP contribution < -0.4 is 20.5 Å². The monoisotopic (exact) mass is 423 g/mol. The number of benzene rings is 2. The Morgan fingerprint density at radius 2 is 1.77 bits per heavy atom. The van der Waals surface area contributed by atoms with Gasteiger partial charge in [-0.3, -0.25) is 4.79 Å². The van der Waals surface area contributed by atoms with Crippen LogP contribution in [0.3, 0.4) is 0 Å². The maximum atomic E-state index is 12.5. The van der Waals surface area contributed by atoms with E-state index in [1.54, 1.807) is 26.5 Å². The molecule has 0 spiro atoms. The molecule has 0 radical (unpaired) electrons. The number of hydrogen-bond acceptors (Lipinski definition) is 6. The minimum Gasteiger partial charge on any atom is -0.496 e. The van der Waals surface area contributed by atoms with E-state index in [4.69, 9.17) is 19.7 Å². The topological polar surface area (TPSA) is 99.6 Å². The highest BCUT2D eigenvalue weighted by Gasteiger charge is 2.21. The van der Waals surface area contributed by atoms with Crippen LogP contribution in [-0.4, -0.2) is 31.3 Å². The summed E-state index contributed by atoms with van der Waals surface area (Å²) in [5, 5.41) is 6.89. The number of hydrogen-bond donors (Lipinski definition) is 2. The van der Waals surface area contributed by atoms with Crippen LogP contribution in [-0.2, 0) is 4.79 Å². The molecule has 2 aromatic carbocycles. The number of carbonyl (C=O) groups is 1. The van der Waals surface area contributed by atoms with Gasteiger partial charge in [0.05, 0.1) is 32.1 Å². The molecule has 3 N–H and O–H groups in total. The van der Waals surface area contributed by atoms with Gasteiger partial charge in [0.15, 0.2) is 5.76 Å². The molecule has 1 amide bonds. The molecular formula is C24H29N3O4. The molecule has 0 fully saturated rings. The molecule has 3 rings (SSSR count). The molecule has 0 aliphatic heterocycles. The predicted octanol–water partition coefficient (Wildman–Crippen LogP) is 4.56. The third kappa shape index (κ3) is 4.56. The smallest absolute Gasteiger partial charge is 0.241 e. The summed E-state index contributed by atoms with van der Waals surface area (Å²) in [6, 6.07) is 8.87. The number of ether oxygens (including phenoxy) is 2. The van der Waals surface area contributed by atoms with E-state index in [9.17, 15) is 4.79 Å². The molecule has 0 aliphatic carbocycles. The van der Waals surface area contributed by atoms with Crippen LogP contribution >= 0.6 is 0 Å². The van der Waals surface area contributed by atoms with Gasteiger partial charge in [0.1, 0.15) is 11.5 Å². The Morgan fingerprint density at radius 3 is 2.42 bits per heavy atom. The maximum Gasteiger partial charge on any atom is 0.241 e. The quantitative estimate of drug-likeness (QED) is 0.578. The molecule has 3 aromatic rings. The first-order chi connectivity index (χ1) is 14.8. The zero-order valence-corrected chi connectivity index (χ0v) is 18.8. The fourth-order valence-corrected chi connectivity index (χ4v) is 3.32. The number of aryl methyl sites for hydroxylation is 1. The van der Waals surface area contributed by atoms with Crippen LogP contribution in [0.2, 0.25) is 0 Å². The molecule has 164 valence electrons. The number of aromatic nitrogens is 1. The fourth-order valence-electron chi connectivity index (χ4n) is 3.32. The number of carbonyl (C=O) groups excluding carboxylic acids is 1. The lowest BCUT2D eigenvalue weighted by atomic mass is 9.98. The number of anilines is 1. The van der Waals surface area contributed by atoms with Gasteiger partial charge >= 0.3 is 0 Å². The third-order valence-corrected chi connectivity index (χ3v) is 5.46. The van der Waals surface area contributed by atoms with Crippen molar-refractivity contribution in [2.24, 2.45) is 11.7 Å². The highest BCUT2D eigenvalue weighted by molar-refractivity contribution is 5.97. The number of nitrogens with two attached hydrogens (primary N) is 1. The molecule has 0 saturated carbocycles. The lowest BCUT2D eigenvalue weighted by Crippen LogP contribution is -2.39. The summed E-state index contributed by atoms with van der Waals surface area (Å²) in [4.78, 5) is 12.5. The Morgan fingerprint density at radius 1 is 1.06 bits per heavy atom. The number of nitrogens with one attached hydrogen (secondary N) is 1. The molecule has 0 aliphatic rings. The zero-order chi connectivity index (χ0) is 22.7. The van der Waals surface area contributed by atoms with E-state index >= 15 is 0 Å². The lowest BCUT2D eigenvalue weighted by molar-refractivity contribution is -0.118. The second kappa shape index (κ2) is 9.22. The zero-order valence-electron chi connectivity index (χ0n) is 18.8. The highest BCUT2D eigenvalue weighted by atomic mass is 16.5. The summed E-state index contributed by atoms with van der Waals surface area (Å²) in [6.45, 7) is 7.84. The molecule has 1 unspecified atom stereocenters. The first-order valence-electron chi connectivity index (χ1n) is 10.1. The lowest BCUT2D eigenvalue weighted by Gasteiger charge is -2.17. The molecule has 1 atom stereocenters. The Kier molecular flexibility index (Phi) is 6.65. The summed E-state index contributed by atoms with van der Waals surface area (Å²) in [7, 11) is 3.20. The van der Waals surface area contributed by atoms with Crippen LogP contribution in [0.5, 0.6) is 11.5 Å². The largest absolute Gasteiger partial charge is 0.496 e. The van der Waals surface area contributed by atoms with Crippen LogP contribution in [0.4, 0.5) is 5.69 Å². The Labute approximate surface area is 182 Å². The number of methoxy groups -OCH3 is 2. The van der Waals surface area contributed by atoms with Gasteiger partial charge in [-0.15, -0.1) is 0 Å². The minimum atomic E-state index is -0.623. The minimum absolute atomic E-state index is 0.0126. The van der Waals surface area contributed by atoms with E-state index < -0.39 is 6.04 Å². The van der Waals surface area contributed by atoms with Crippen molar-refractivity contribution in [3.63, 3.8) is 0 Å². The number of amides is 1. The average Bonchev–Trinajstić information content (AvgIpc) is 3.24. The second-order valence-electron chi connectivity index (χ2n) is 7.86. The van der Waals surface area contributed by atoms with E-state index in [-0.39, 0.29) is 11.8 Å². The fraction of sp³-hybridized carbons (Fsp3) is 0.333. The molecule has 31 heavy (non-hydrogen) atoms. The van der Waals surface area contributed by atoms with E-state index in [2.05, 4.69) is 10.5 Å². The average molecular weight is 424 g/mol. The Hall–Kier alpha value is -3.32. The van der Waals surface area contributed by atoms with E-state index in [0.29, 0.717) is 17.2 Å². The molecule has 7 heteroatoms. The van der Waals surface area contributed by atoms with Crippen molar-refractivity contribution in [3.8, 4) is 33.9 Å². The van der Waals surface area contributed by atoms with Gasteiger partial charge in [0, 0.05) is 11.1 Å². The molecule has 7 nitrogen and oxygen atoms in total. The Bertz CT molecular complexity index is 1090. The third-order valence-electron chi connectivity index (χ3n) is 5.46. The molecule has 1 heterocycles. The van der Waals surface area contributed by atoms with E-state index in [1.807, 2.05) is 52.0 Å². The maximum absolute atomic E-state index is 12.5. The van der Waals surface area contributed by atoms with Gasteiger partial charge in [-0.25, -0.2) is 0 Å². The van der Waals surface area contributed by atoms with Crippen molar-refractivity contribution in [1.82, 2.24) is 5.16 Å². The van der Waals surface area contributed by atoms with E-state index in [1.165, 1.54) is 0 Å². The van der Waals surface area contributed by atoms with Crippen LogP contribution in [0.25, 0.3) is 22.5 Å². The summed E-state index contributed by atoms with van der Waals surface area (Å²) in [5.41, 5.74) is 11.2. The van der Waals surface area contributed by atoms with Gasteiger partial charge in [-0.1, -0.05) is 25.1 Å². The predicted molar refractivity (Wildman–Crippen MR) is 121 cm³/mol. The SMILES string of the molecule is COc1ccc(-c2cnoc2-c2cc(C)c(C)c(OC)c2)cc1NC(=O)C(N)C(C)C. The first-order valence-corrected chi connectivity index (χ1v) is 10.1. The van der Waals surface area contributed by atoms with E-state index in [0.717, 1.165) is 33.6 Å². The molecule has 0 saturated heterocycles. The molecule has 0 bridgehead atoms. The summed E-state index contributed by atoms with van der Waals surface area (Å²) in [6.07, 6.45) is 1.66. The van der Waals surface area contributed by atoms with Gasteiger partial charge in [-0.05, 0) is 60.7 Å². The molecular weight excluding hydrogens is 394 g/mol.